The number of rotatable bonds is 6. The van der Waals surface area contributed by atoms with Gasteiger partial charge in [-0.15, -0.1) is 11.3 Å². The smallest absolute Gasteiger partial charge is 0.138 e. The summed E-state index contributed by atoms with van der Waals surface area (Å²) < 4.78 is 18.6. The maximum absolute atomic E-state index is 13.2. The van der Waals surface area contributed by atoms with Gasteiger partial charge in [-0.25, -0.2) is 14.4 Å². The van der Waals surface area contributed by atoms with Crippen LogP contribution in [0.3, 0.4) is 0 Å². The normalized spacial score (nSPS) is 15.4. The molecule has 2 N–H and O–H groups in total. The van der Waals surface area contributed by atoms with Gasteiger partial charge in [0.1, 0.15) is 35.9 Å². The van der Waals surface area contributed by atoms with Crippen molar-refractivity contribution in [1.29, 1.82) is 0 Å². The number of halogens is 1. The van der Waals surface area contributed by atoms with Gasteiger partial charge in [-0.3, -0.25) is 0 Å². The highest BCUT2D eigenvalue weighted by Crippen LogP contribution is 2.36. The predicted molar refractivity (Wildman–Crippen MR) is 102 cm³/mol. The molecule has 1 fully saturated rings. The Morgan fingerprint density at radius 3 is 2.77 bits per heavy atom. The fourth-order valence-corrected chi connectivity index (χ4v) is 4.22. The van der Waals surface area contributed by atoms with Gasteiger partial charge in [0.05, 0.1) is 25.1 Å². The van der Waals surface area contributed by atoms with E-state index in [1.807, 2.05) is 0 Å². The first-order chi connectivity index (χ1) is 12.8. The lowest BCUT2D eigenvalue weighted by molar-refractivity contribution is -0.908. The van der Waals surface area contributed by atoms with Gasteiger partial charge in [-0.1, -0.05) is 12.1 Å². The Morgan fingerprint density at radius 1 is 1.15 bits per heavy atom. The molecule has 0 saturated carbocycles. The van der Waals surface area contributed by atoms with Gasteiger partial charge in [-0.05, 0) is 17.7 Å². The maximum Gasteiger partial charge on any atom is 0.138 e. The summed E-state index contributed by atoms with van der Waals surface area (Å²) in [6, 6.07) is 6.58. The molecule has 0 unspecified atom stereocenters. The summed E-state index contributed by atoms with van der Waals surface area (Å²) in [5, 5.41) is 6.55. The van der Waals surface area contributed by atoms with Crippen molar-refractivity contribution in [2.45, 2.75) is 6.42 Å². The third-order valence-corrected chi connectivity index (χ3v) is 5.61. The van der Waals surface area contributed by atoms with Crippen LogP contribution in [0.4, 0.5) is 10.2 Å². The van der Waals surface area contributed by atoms with E-state index >= 15 is 0 Å². The van der Waals surface area contributed by atoms with Crippen molar-refractivity contribution >= 4 is 27.4 Å². The van der Waals surface area contributed by atoms with E-state index in [0.717, 1.165) is 73.0 Å². The van der Waals surface area contributed by atoms with E-state index in [1.165, 1.54) is 12.1 Å². The zero-order chi connectivity index (χ0) is 17.8. The van der Waals surface area contributed by atoms with Gasteiger partial charge in [0.25, 0.3) is 0 Å². The fourth-order valence-electron chi connectivity index (χ4n) is 3.31. The summed E-state index contributed by atoms with van der Waals surface area (Å²) in [6.45, 7) is 5.93. The van der Waals surface area contributed by atoms with Crippen LogP contribution in [0.15, 0.2) is 36.0 Å². The number of benzene rings is 1. The van der Waals surface area contributed by atoms with E-state index in [9.17, 15) is 4.39 Å². The molecule has 26 heavy (non-hydrogen) atoms. The van der Waals surface area contributed by atoms with Gasteiger partial charge >= 0.3 is 0 Å². The molecule has 1 saturated heterocycles. The van der Waals surface area contributed by atoms with Crippen LogP contribution in [0.1, 0.15) is 6.42 Å². The highest BCUT2D eigenvalue weighted by Gasteiger charge is 2.15. The van der Waals surface area contributed by atoms with Crippen LogP contribution < -0.4 is 10.2 Å². The van der Waals surface area contributed by atoms with E-state index in [-0.39, 0.29) is 5.82 Å². The predicted octanol–water partition coefficient (Wildman–Crippen LogP) is 2.21. The lowest BCUT2D eigenvalue weighted by Crippen LogP contribution is -3.14. The van der Waals surface area contributed by atoms with Crippen LogP contribution in [0.5, 0.6) is 0 Å². The summed E-state index contributed by atoms with van der Waals surface area (Å²) in [5.74, 6) is 0.626. The van der Waals surface area contributed by atoms with Gasteiger partial charge in [0.2, 0.25) is 0 Å². The van der Waals surface area contributed by atoms with E-state index in [4.69, 9.17) is 4.74 Å². The largest absolute Gasteiger partial charge is 0.370 e. The second-order valence-corrected chi connectivity index (χ2v) is 7.31. The number of nitrogens with zero attached hydrogens (tertiary/aromatic N) is 2. The molecule has 7 heteroatoms. The quantitative estimate of drug-likeness (QED) is 0.651. The lowest BCUT2D eigenvalue weighted by atomic mass is 10.1. The highest BCUT2D eigenvalue weighted by atomic mass is 32.1. The molecule has 0 bridgehead atoms. The molecule has 0 atom stereocenters. The molecule has 5 nitrogen and oxygen atoms in total. The van der Waals surface area contributed by atoms with E-state index in [2.05, 4.69) is 20.7 Å². The van der Waals surface area contributed by atoms with Crippen LogP contribution in [-0.2, 0) is 4.74 Å². The number of thiophene rings is 1. The first-order valence-electron chi connectivity index (χ1n) is 8.94. The zero-order valence-electron chi connectivity index (χ0n) is 14.5. The number of hydrogen-bond donors (Lipinski definition) is 2. The van der Waals surface area contributed by atoms with Gasteiger partial charge in [0, 0.05) is 23.9 Å². The zero-order valence-corrected chi connectivity index (χ0v) is 15.3. The standard InChI is InChI=1S/C19H21FN4OS/c20-15-4-2-14(3-5-15)16-12-26-19-17(16)18(22-13-23-19)21-6-1-7-24-8-10-25-11-9-24/h2-5,12-13H,1,6-11H2,(H,21,22,23)/p+1. The minimum Gasteiger partial charge on any atom is -0.370 e. The van der Waals surface area contributed by atoms with Crippen molar-refractivity contribution in [1.82, 2.24) is 9.97 Å². The maximum atomic E-state index is 13.2. The van der Waals surface area contributed by atoms with E-state index in [1.54, 1.807) is 34.7 Å². The average molecular weight is 373 g/mol. The molecule has 3 aromatic rings. The third kappa shape index (κ3) is 3.85. The Morgan fingerprint density at radius 2 is 1.96 bits per heavy atom. The van der Waals surface area contributed by atoms with Crippen molar-refractivity contribution in [3.63, 3.8) is 0 Å². The monoisotopic (exact) mass is 373 g/mol. The summed E-state index contributed by atoms with van der Waals surface area (Å²) in [4.78, 5) is 11.4. The molecule has 0 radical (unpaired) electrons. The molecule has 3 heterocycles. The van der Waals surface area contributed by atoms with Crippen LogP contribution in [-0.4, -0.2) is 49.4 Å². The van der Waals surface area contributed by atoms with Crippen molar-refractivity contribution in [3.8, 4) is 11.1 Å². The molecule has 0 aliphatic carbocycles. The Kier molecular flexibility index (Phi) is 5.38. The lowest BCUT2D eigenvalue weighted by Gasteiger charge is -2.23. The molecular formula is C19H22FN4OS+. The molecule has 0 amide bonds. The van der Waals surface area contributed by atoms with Crippen LogP contribution in [0.25, 0.3) is 21.3 Å². The van der Waals surface area contributed by atoms with E-state index < -0.39 is 0 Å². The molecule has 1 aliphatic heterocycles. The first kappa shape index (κ1) is 17.3. The third-order valence-electron chi connectivity index (χ3n) is 4.72. The SMILES string of the molecule is Fc1ccc(-c2csc3ncnc(NCCC[NH+]4CCOCC4)c23)cc1. The molecular weight excluding hydrogens is 351 g/mol. The molecule has 2 aromatic heterocycles. The topological polar surface area (TPSA) is 51.5 Å². The van der Waals surface area contributed by atoms with Crippen molar-refractivity contribution in [3.05, 3.63) is 41.8 Å². The van der Waals surface area contributed by atoms with Crippen LogP contribution >= 0.6 is 11.3 Å². The molecule has 1 aliphatic rings. The fraction of sp³-hybridized carbons (Fsp3) is 0.368. The van der Waals surface area contributed by atoms with Gasteiger partial charge in [0.15, 0.2) is 0 Å². The Hall–Kier alpha value is -2.09. The summed E-state index contributed by atoms with van der Waals surface area (Å²) in [5.41, 5.74) is 2.03. The van der Waals surface area contributed by atoms with E-state index in [0.29, 0.717) is 0 Å². The molecule has 1 aromatic carbocycles. The first-order valence-corrected chi connectivity index (χ1v) is 9.82. The summed E-state index contributed by atoms with van der Waals surface area (Å²) >= 11 is 1.59. The second kappa shape index (κ2) is 8.07. The van der Waals surface area contributed by atoms with Crippen LogP contribution in [0.2, 0.25) is 0 Å². The summed E-state index contributed by atoms with van der Waals surface area (Å²) in [6.07, 6.45) is 2.68. The van der Waals surface area contributed by atoms with Crippen LogP contribution in [0, 0.1) is 5.82 Å². The molecule has 136 valence electrons. The summed E-state index contributed by atoms with van der Waals surface area (Å²) in [7, 11) is 0. The van der Waals surface area contributed by atoms with Crippen molar-refractivity contribution < 1.29 is 14.0 Å². The Labute approximate surface area is 155 Å². The number of anilines is 1. The van der Waals surface area contributed by atoms with Gasteiger partial charge in [-0.2, -0.15) is 0 Å². The minimum atomic E-state index is -0.228. The molecule has 0 spiro atoms. The second-order valence-electron chi connectivity index (χ2n) is 6.45. The number of fused-ring (bicyclic) bond motifs is 1. The molecule has 4 rings (SSSR count). The number of aromatic nitrogens is 2. The number of nitrogens with one attached hydrogen (secondary N) is 2. The Bertz CT molecular complexity index is 862. The average Bonchev–Trinajstić information content (AvgIpc) is 3.12. The van der Waals surface area contributed by atoms with Gasteiger partial charge < -0.3 is 15.0 Å². The number of hydrogen-bond acceptors (Lipinski definition) is 5. The van der Waals surface area contributed by atoms with Crippen molar-refractivity contribution in [2.24, 2.45) is 0 Å². The minimum absolute atomic E-state index is 0.228. The number of morpholine rings is 1. The Balaban J connectivity index is 1.48. The van der Waals surface area contributed by atoms with Crippen molar-refractivity contribution in [2.75, 3.05) is 44.7 Å². The number of ether oxygens (including phenoxy) is 1. The number of quaternary nitrogens is 1. The highest BCUT2D eigenvalue weighted by molar-refractivity contribution is 7.17.